The molecular weight excluding hydrogens is 400 g/mol. The van der Waals surface area contributed by atoms with Gasteiger partial charge in [-0.25, -0.2) is 14.6 Å². The quantitative estimate of drug-likeness (QED) is 0.477. The molecule has 0 aliphatic carbocycles. The van der Waals surface area contributed by atoms with Gasteiger partial charge in [-0.3, -0.25) is 4.79 Å². The van der Waals surface area contributed by atoms with Gasteiger partial charge < -0.3 is 9.88 Å². The average Bonchev–Trinajstić information content (AvgIpc) is 3.38. The Bertz CT molecular complexity index is 1240. The number of fused-ring (bicyclic) bond motifs is 1. The molecule has 0 radical (unpaired) electrons. The predicted octanol–water partition coefficient (Wildman–Crippen LogP) is 4.20. The smallest absolute Gasteiger partial charge is 0.221 e. The molecule has 1 aromatic carbocycles. The molecule has 0 aliphatic rings. The molecule has 7 nitrogen and oxygen atoms in total. The van der Waals surface area contributed by atoms with E-state index in [4.69, 9.17) is 4.98 Å². The van der Waals surface area contributed by atoms with Gasteiger partial charge in [0, 0.05) is 43.0 Å². The molecule has 1 N–H and O–H groups in total. The predicted molar refractivity (Wildman–Crippen MR) is 125 cm³/mol. The minimum absolute atomic E-state index is 0.0152. The normalized spacial score (nSPS) is 12.4. The number of carbonyl (C=O) groups excluding carboxylic acids is 1. The third-order valence-electron chi connectivity index (χ3n) is 5.98. The fourth-order valence-corrected chi connectivity index (χ4v) is 4.21. The molecular formula is C25H30N6O. The van der Waals surface area contributed by atoms with Crippen molar-refractivity contribution >= 4 is 16.9 Å². The Kier molecular flexibility index (Phi) is 6.08. The molecule has 3 heterocycles. The van der Waals surface area contributed by atoms with E-state index in [2.05, 4.69) is 36.2 Å². The number of aromatic nitrogens is 5. The summed E-state index contributed by atoms with van der Waals surface area (Å²) < 4.78 is 3.89. The lowest BCUT2D eigenvalue weighted by Crippen LogP contribution is -2.31. The first-order valence-corrected chi connectivity index (χ1v) is 11.0. The van der Waals surface area contributed by atoms with Gasteiger partial charge in [0.1, 0.15) is 11.9 Å². The fraction of sp³-hybridized carbons (Fsp3) is 0.360. The summed E-state index contributed by atoms with van der Waals surface area (Å²) in [5, 5.41) is 8.74. The Labute approximate surface area is 188 Å². The molecule has 0 saturated carbocycles. The first-order chi connectivity index (χ1) is 15.4. The van der Waals surface area contributed by atoms with E-state index in [-0.39, 0.29) is 18.0 Å². The van der Waals surface area contributed by atoms with E-state index in [0.29, 0.717) is 12.8 Å². The maximum absolute atomic E-state index is 13.0. The molecule has 166 valence electrons. The Morgan fingerprint density at radius 1 is 1.16 bits per heavy atom. The molecule has 0 bridgehead atoms. The van der Waals surface area contributed by atoms with E-state index < -0.39 is 0 Å². The third kappa shape index (κ3) is 4.15. The molecule has 0 saturated heterocycles. The van der Waals surface area contributed by atoms with E-state index in [9.17, 15) is 4.79 Å². The summed E-state index contributed by atoms with van der Waals surface area (Å²) in [5.41, 5.74) is 5.13. The molecule has 7 heteroatoms. The van der Waals surface area contributed by atoms with Gasteiger partial charge in [-0.2, -0.15) is 5.10 Å². The lowest BCUT2D eigenvalue weighted by molar-refractivity contribution is -0.121. The van der Waals surface area contributed by atoms with Gasteiger partial charge >= 0.3 is 0 Å². The SMILES string of the molecule is Cc1nc2c(cnn2C(C)C)c(C)c1CCC(=O)NC(c1ccccc1)c1nccn1C. The highest BCUT2D eigenvalue weighted by Crippen LogP contribution is 2.26. The summed E-state index contributed by atoms with van der Waals surface area (Å²) in [4.78, 5) is 22.3. The average molecular weight is 431 g/mol. The highest BCUT2D eigenvalue weighted by molar-refractivity contribution is 5.81. The van der Waals surface area contributed by atoms with Crippen LogP contribution in [0.1, 0.15) is 60.6 Å². The zero-order chi connectivity index (χ0) is 22.8. The Morgan fingerprint density at radius 2 is 1.91 bits per heavy atom. The standard InChI is InChI=1S/C25H30N6O/c1-16(2)31-24-21(15-27-31)17(3)20(18(4)28-24)11-12-22(32)29-23(19-9-7-6-8-10-19)25-26-13-14-30(25)5/h6-10,13-16,23H,11-12H2,1-5H3,(H,29,32). The van der Waals surface area contributed by atoms with E-state index >= 15 is 0 Å². The fourth-order valence-electron chi connectivity index (χ4n) is 4.21. The molecule has 0 spiro atoms. The lowest BCUT2D eigenvalue weighted by atomic mass is 10.00. The van der Waals surface area contributed by atoms with E-state index in [1.165, 1.54) is 0 Å². The summed E-state index contributed by atoms with van der Waals surface area (Å²) >= 11 is 0. The lowest BCUT2D eigenvalue weighted by Gasteiger charge is -2.19. The zero-order valence-corrected chi connectivity index (χ0v) is 19.3. The number of nitrogens with one attached hydrogen (secondary N) is 1. The second kappa shape index (κ2) is 8.94. The second-order valence-corrected chi connectivity index (χ2v) is 8.53. The second-order valence-electron chi connectivity index (χ2n) is 8.53. The summed E-state index contributed by atoms with van der Waals surface area (Å²) in [6, 6.07) is 9.89. The Morgan fingerprint density at radius 3 is 2.56 bits per heavy atom. The summed E-state index contributed by atoms with van der Waals surface area (Å²) in [6.45, 7) is 8.30. The number of pyridine rings is 1. The summed E-state index contributed by atoms with van der Waals surface area (Å²) in [7, 11) is 1.94. The van der Waals surface area contributed by atoms with Crippen LogP contribution in [0.2, 0.25) is 0 Å². The molecule has 32 heavy (non-hydrogen) atoms. The maximum atomic E-state index is 13.0. The van der Waals surface area contributed by atoms with Crippen LogP contribution >= 0.6 is 0 Å². The van der Waals surface area contributed by atoms with Crippen molar-refractivity contribution in [3.8, 4) is 0 Å². The van der Waals surface area contributed by atoms with Crippen LogP contribution < -0.4 is 5.32 Å². The van der Waals surface area contributed by atoms with Gasteiger partial charge in [0.2, 0.25) is 5.91 Å². The third-order valence-corrected chi connectivity index (χ3v) is 5.98. The number of nitrogens with zero attached hydrogens (tertiary/aromatic N) is 5. The van der Waals surface area contributed by atoms with Crippen molar-refractivity contribution in [1.82, 2.24) is 29.6 Å². The number of benzene rings is 1. The number of carbonyl (C=O) groups is 1. The monoisotopic (exact) mass is 430 g/mol. The zero-order valence-electron chi connectivity index (χ0n) is 19.3. The highest BCUT2D eigenvalue weighted by atomic mass is 16.1. The maximum Gasteiger partial charge on any atom is 0.221 e. The van der Waals surface area contributed by atoms with Crippen LogP contribution in [0.4, 0.5) is 0 Å². The van der Waals surface area contributed by atoms with Crippen molar-refractivity contribution in [1.29, 1.82) is 0 Å². The van der Waals surface area contributed by atoms with Crippen LogP contribution in [0.15, 0.2) is 48.9 Å². The Hall–Kier alpha value is -3.48. The molecule has 4 aromatic rings. The van der Waals surface area contributed by atoms with Gasteiger partial charge in [0.05, 0.1) is 6.20 Å². The Balaban J connectivity index is 1.54. The minimum Gasteiger partial charge on any atom is -0.342 e. The molecule has 1 unspecified atom stereocenters. The van der Waals surface area contributed by atoms with Crippen molar-refractivity contribution in [3.05, 3.63) is 77.1 Å². The van der Waals surface area contributed by atoms with Crippen LogP contribution in [-0.4, -0.2) is 30.2 Å². The van der Waals surface area contributed by atoms with E-state index in [1.54, 1.807) is 6.20 Å². The number of rotatable bonds is 7. The van der Waals surface area contributed by atoms with Crippen LogP contribution in [-0.2, 0) is 18.3 Å². The van der Waals surface area contributed by atoms with Crippen LogP contribution in [0.25, 0.3) is 11.0 Å². The van der Waals surface area contributed by atoms with Gasteiger partial charge in [-0.1, -0.05) is 30.3 Å². The molecule has 3 aromatic heterocycles. The van der Waals surface area contributed by atoms with Crippen molar-refractivity contribution in [3.63, 3.8) is 0 Å². The number of amides is 1. The van der Waals surface area contributed by atoms with Crippen LogP contribution in [0.3, 0.4) is 0 Å². The van der Waals surface area contributed by atoms with Crippen molar-refractivity contribution in [2.45, 2.75) is 52.6 Å². The van der Waals surface area contributed by atoms with Crippen molar-refractivity contribution in [2.75, 3.05) is 0 Å². The van der Waals surface area contributed by atoms with E-state index in [0.717, 1.165) is 39.2 Å². The minimum atomic E-state index is -0.296. The summed E-state index contributed by atoms with van der Waals surface area (Å²) in [6.07, 6.45) is 6.53. The van der Waals surface area contributed by atoms with Crippen molar-refractivity contribution in [2.24, 2.45) is 7.05 Å². The number of imidazole rings is 1. The number of hydrogen-bond donors (Lipinski definition) is 1. The highest BCUT2D eigenvalue weighted by Gasteiger charge is 2.21. The number of aryl methyl sites for hydroxylation is 3. The molecule has 4 rings (SSSR count). The van der Waals surface area contributed by atoms with Gasteiger partial charge in [-0.15, -0.1) is 0 Å². The van der Waals surface area contributed by atoms with Crippen molar-refractivity contribution < 1.29 is 4.79 Å². The molecule has 1 amide bonds. The van der Waals surface area contributed by atoms with Gasteiger partial charge in [0.15, 0.2) is 5.65 Å². The first-order valence-electron chi connectivity index (χ1n) is 11.0. The summed E-state index contributed by atoms with van der Waals surface area (Å²) in [5.74, 6) is 0.791. The molecule has 1 atom stereocenters. The van der Waals surface area contributed by atoms with E-state index in [1.807, 2.05) is 65.9 Å². The van der Waals surface area contributed by atoms with Crippen LogP contribution in [0.5, 0.6) is 0 Å². The number of hydrogen-bond acceptors (Lipinski definition) is 4. The van der Waals surface area contributed by atoms with Gasteiger partial charge in [-0.05, 0) is 50.8 Å². The molecule has 0 aliphatic heterocycles. The topological polar surface area (TPSA) is 77.6 Å². The first kappa shape index (κ1) is 21.7. The molecule has 0 fully saturated rings. The van der Waals surface area contributed by atoms with Crippen LogP contribution in [0, 0.1) is 13.8 Å². The largest absolute Gasteiger partial charge is 0.342 e. The van der Waals surface area contributed by atoms with Gasteiger partial charge in [0.25, 0.3) is 0 Å².